The number of hydrogen-bond donors (Lipinski definition) is 0. The third kappa shape index (κ3) is 1.35. The van der Waals surface area contributed by atoms with Gasteiger partial charge in [-0.2, -0.15) is 0 Å². The molecule has 2 rings (SSSR count). The Labute approximate surface area is 87.5 Å². The molecule has 0 aliphatic rings. The molecule has 4 heteroatoms. The summed E-state index contributed by atoms with van der Waals surface area (Å²) >= 11 is 3.10. The van der Waals surface area contributed by atoms with Crippen molar-refractivity contribution in [2.45, 2.75) is 6.92 Å². The molecule has 0 saturated heterocycles. The lowest BCUT2D eigenvalue weighted by atomic mass is 10.1. The lowest BCUT2D eigenvalue weighted by Gasteiger charge is -2.01. The van der Waals surface area contributed by atoms with Crippen LogP contribution in [0, 0.1) is 12.7 Å². The second kappa shape index (κ2) is 3.20. The predicted molar refractivity (Wildman–Crippen MR) is 54.9 cm³/mol. The average Bonchev–Trinajstić information content (AvgIpc) is 2.16. The number of rotatable bonds is 0. The molecule has 72 valence electrons. The van der Waals surface area contributed by atoms with Gasteiger partial charge in [-0.3, -0.25) is 0 Å². The fraction of sp³-hybridized carbons (Fsp3) is 0.100. The van der Waals surface area contributed by atoms with Gasteiger partial charge in [0.25, 0.3) is 0 Å². The molecule has 0 spiro atoms. The summed E-state index contributed by atoms with van der Waals surface area (Å²) in [7, 11) is 0. The number of aryl methyl sites for hydroxylation is 1. The van der Waals surface area contributed by atoms with Crippen molar-refractivity contribution in [3.63, 3.8) is 0 Å². The zero-order valence-electron chi connectivity index (χ0n) is 7.30. The second-order valence-electron chi connectivity index (χ2n) is 2.97. The van der Waals surface area contributed by atoms with E-state index in [9.17, 15) is 9.18 Å². The molecule has 1 aromatic carbocycles. The number of halogens is 2. The molecule has 0 saturated carbocycles. The Morgan fingerprint density at radius 1 is 1.43 bits per heavy atom. The molecule has 1 aromatic heterocycles. The van der Waals surface area contributed by atoms with Crippen molar-refractivity contribution in [1.82, 2.24) is 0 Å². The summed E-state index contributed by atoms with van der Waals surface area (Å²) in [5, 5.41) is 0.608. The minimum atomic E-state index is -0.443. The maximum absolute atomic E-state index is 12.9. The van der Waals surface area contributed by atoms with E-state index >= 15 is 0 Å². The summed E-state index contributed by atoms with van der Waals surface area (Å²) in [5.74, 6) is -0.346. The van der Waals surface area contributed by atoms with Gasteiger partial charge in [0.15, 0.2) is 0 Å². The minimum Gasteiger partial charge on any atom is -0.422 e. The van der Waals surface area contributed by atoms with Crippen molar-refractivity contribution in [1.29, 1.82) is 0 Å². The Bertz CT molecular complexity index is 560. The van der Waals surface area contributed by atoms with Crippen LogP contribution >= 0.6 is 15.9 Å². The molecule has 1 heterocycles. The van der Waals surface area contributed by atoms with Crippen LogP contribution in [0.15, 0.2) is 31.9 Å². The number of benzene rings is 1. The van der Waals surface area contributed by atoms with E-state index in [1.807, 2.05) is 0 Å². The molecule has 0 fully saturated rings. The molecule has 0 atom stereocenters. The normalized spacial score (nSPS) is 10.8. The van der Waals surface area contributed by atoms with Crippen LogP contribution in [0.5, 0.6) is 0 Å². The summed E-state index contributed by atoms with van der Waals surface area (Å²) in [6.45, 7) is 1.74. The fourth-order valence-corrected chi connectivity index (χ4v) is 1.59. The predicted octanol–water partition coefficient (Wildman–Crippen LogP) is 3.00. The Balaban J connectivity index is 2.99. The van der Waals surface area contributed by atoms with Gasteiger partial charge in [0, 0.05) is 5.39 Å². The van der Waals surface area contributed by atoms with Crippen molar-refractivity contribution in [2.75, 3.05) is 0 Å². The Kier molecular flexibility index (Phi) is 2.15. The molecular formula is C10H6BrFO2. The van der Waals surface area contributed by atoms with Gasteiger partial charge in [0.05, 0.1) is 0 Å². The molecule has 0 radical (unpaired) electrons. The third-order valence-corrected chi connectivity index (χ3v) is 2.98. The van der Waals surface area contributed by atoms with Crippen LogP contribution in [-0.2, 0) is 0 Å². The molecular weight excluding hydrogens is 251 g/mol. The molecule has 0 aliphatic carbocycles. The Hall–Kier alpha value is -1.16. The van der Waals surface area contributed by atoms with E-state index in [0.717, 1.165) is 0 Å². The van der Waals surface area contributed by atoms with E-state index in [1.165, 1.54) is 18.2 Å². The highest BCUT2D eigenvalue weighted by Crippen LogP contribution is 2.22. The van der Waals surface area contributed by atoms with Crippen LogP contribution in [0.4, 0.5) is 4.39 Å². The van der Waals surface area contributed by atoms with E-state index in [4.69, 9.17) is 4.42 Å². The molecule has 2 nitrogen and oxygen atoms in total. The van der Waals surface area contributed by atoms with Gasteiger partial charge in [-0.05, 0) is 46.6 Å². The first kappa shape index (κ1) is 9.40. The van der Waals surface area contributed by atoms with Crippen LogP contribution in [-0.4, -0.2) is 0 Å². The van der Waals surface area contributed by atoms with Crippen LogP contribution in [0.1, 0.15) is 5.56 Å². The monoisotopic (exact) mass is 256 g/mol. The average molecular weight is 257 g/mol. The summed E-state index contributed by atoms with van der Waals surface area (Å²) in [6, 6.07) is 4.06. The van der Waals surface area contributed by atoms with Crippen molar-refractivity contribution in [3.8, 4) is 0 Å². The second-order valence-corrected chi connectivity index (χ2v) is 3.76. The van der Waals surface area contributed by atoms with Gasteiger partial charge in [-0.25, -0.2) is 9.18 Å². The van der Waals surface area contributed by atoms with Crippen LogP contribution in [0.2, 0.25) is 0 Å². The smallest absolute Gasteiger partial charge is 0.350 e. The lowest BCUT2D eigenvalue weighted by Crippen LogP contribution is -2.02. The molecule has 0 bridgehead atoms. The van der Waals surface area contributed by atoms with Gasteiger partial charge in [0.1, 0.15) is 15.9 Å². The summed E-state index contributed by atoms with van der Waals surface area (Å²) in [6.07, 6.45) is 0. The van der Waals surface area contributed by atoms with Crippen molar-refractivity contribution >= 4 is 26.9 Å². The molecule has 2 aromatic rings. The van der Waals surface area contributed by atoms with Gasteiger partial charge < -0.3 is 4.42 Å². The van der Waals surface area contributed by atoms with E-state index < -0.39 is 5.63 Å². The van der Waals surface area contributed by atoms with E-state index in [1.54, 1.807) is 6.92 Å². The number of hydrogen-bond acceptors (Lipinski definition) is 2. The van der Waals surface area contributed by atoms with E-state index in [2.05, 4.69) is 15.9 Å². The third-order valence-electron chi connectivity index (χ3n) is 2.06. The maximum Gasteiger partial charge on any atom is 0.350 e. The molecule has 0 amide bonds. The summed E-state index contributed by atoms with van der Waals surface area (Å²) < 4.78 is 18.2. The first-order valence-electron chi connectivity index (χ1n) is 3.98. The van der Waals surface area contributed by atoms with Gasteiger partial charge in [0.2, 0.25) is 0 Å². The molecule has 14 heavy (non-hydrogen) atoms. The molecule has 0 N–H and O–H groups in total. The van der Waals surface area contributed by atoms with Gasteiger partial charge in [-0.15, -0.1) is 0 Å². The summed E-state index contributed by atoms with van der Waals surface area (Å²) in [5.41, 5.74) is 0.648. The Morgan fingerprint density at radius 2 is 2.14 bits per heavy atom. The largest absolute Gasteiger partial charge is 0.422 e. The quantitative estimate of drug-likeness (QED) is 0.679. The van der Waals surface area contributed by atoms with Crippen LogP contribution in [0.25, 0.3) is 11.0 Å². The zero-order chi connectivity index (χ0) is 10.3. The maximum atomic E-state index is 12.9. The van der Waals surface area contributed by atoms with E-state index in [0.29, 0.717) is 21.0 Å². The number of fused-ring (bicyclic) bond motifs is 1. The molecule has 0 aliphatic heterocycles. The highest BCUT2D eigenvalue weighted by molar-refractivity contribution is 9.10. The van der Waals surface area contributed by atoms with Crippen molar-refractivity contribution < 1.29 is 8.81 Å². The standard InChI is InChI=1S/C10H6BrFO2/c1-5-7-4-6(12)2-3-8(7)14-10(13)9(5)11/h2-4H,1H3. The lowest BCUT2D eigenvalue weighted by molar-refractivity contribution is 0.553. The topological polar surface area (TPSA) is 30.2 Å². The van der Waals surface area contributed by atoms with Crippen LogP contribution in [0.3, 0.4) is 0 Å². The van der Waals surface area contributed by atoms with Crippen molar-refractivity contribution in [2.24, 2.45) is 0 Å². The fourth-order valence-electron chi connectivity index (χ4n) is 1.30. The first-order chi connectivity index (χ1) is 6.59. The Morgan fingerprint density at radius 3 is 2.86 bits per heavy atom. The highest BCUT2D eigenvalue weighted by atomic mass is 79.9. The first-order valence-corrected chi connectivity index (χ1v) is 4.77. The van der Waals surface area contributed by atoms with Crippen LogP contribution < -0.4 is 5.63 Å². The minimum absolute atomic E-state index is 0.343. The SMILES string of the molecule is Cc1c(Br)c(=O)oc2ccc(F)cc12. The highest BCUT2D eigenvalue weighted by Gasteiger charge is 2.08. The van der Waals surface area contributed by atoms with Gasteiger partial charge >= 0.3 is 5.63 Å². The van der Waals surface area contributed by atoms with Gasteiger partial charge in [-0.1, -0.05) is 0 Å². The summed E-state index contributed by atoms with van der Waals surface area (Å²) in [4.78, 5) is 11.2. The zero-order valence-corrected chi connectivity index (χ0v) is 8.89. The van der Waals surface area contributed by atoms with E-state index in [-0.39, 0.29) is 5.82 Å². The van der Waals surface area contributed by atoms with Crippen molar-refractivity contribution in [3.05, 3.63) is 44.5 Å². The molecule has 0 unspecified atom stereocenters.